The number of anilines is 1. The van der Waals surface area contributed by atoms with Gasteiger partial charge in [-0.2, -0.15) is 0 Å². The molecule has 0 bridgehead atoms. The first-order valence-corrected chi connectivity index (χ1v) is 13.6. The molecule has 0 fully saturated rings. The van der Waals surface area contributed by atoms with Gasteiger partial charge >= 0.3 is 0 Å². The van der Waals surface area contributed by atoms with Gasteiger partial charge < -0.3 is 14.7 Å². The van der Waals surface area contributed by atoms with Crippen molar-refractivity contribution in [3.05, 3.63) is 113 Å². The van der Waals surface area contributed by atoms with Gasteiger partial charge in [0.25, 0.3) is 5.91 Å². The molecule has 0 aliphatic carbocycles. The lowest BCUT2D eigenvalue weighted by Crippen LogP contribution is -2.26. The maximum atomic E-state index is 13.1. The standard InChI is InChI=1S/C33H34N6O2/c1-21-6-9-25(33(40)37-29-10-7-24(8-11-29)14-23(3)39(4)5)15-26(21)17-31-35-13-12-30(38-31)27-16-28(20-34-19-27)32-22(2)18-36-41-32/h6-13,15-16,18-20,23H,14,17H2,1-5H3,(H,37,40). The first-order valence-electron chi connectivity index (χ1n) is 13.6. The Morgan fingerprint density at radius 2 is 1.73 bits per heavy atom. The number of aryl methyl sites for hydroxylation is 2. The monoisotopic (exact) mass is 546 g/mol. The number of amides is 1. The van der Waals surface area contributed by atoms with E-state index in [1.807, 2.05) is 56.3 Å². The van der Waals surface area contributed by atoms with E-state index in [4.69, 9.17) is 9.51 Å². The van der Waals surface area contributed by atoms with E-state index in [0.29, 0.717) is 29.6 Å². The highest BCUT2D eigenvalue weighted by Gasteiger charge is 2.13. The highest BCUT2D eigenvalue weighted by Crippen LogP contribution is 2.27. The molecule has 0 aliphatic heterocycles. The SMILES string of the molecule is Cc1ccc(C(=O)Nc2ccc(CC(C)N(C)C)cc2)cc1Cc1nccc(-c2cncc(-c3oncc3C)c2)n1. The zero-order valence-electron chi connectivity index (χ0n) is 24.0. The van der Waals surface area contributed by atoms with Crippen molar-refractivity contribution in [2.45, 2.75) is 39.7 Å². The fourth-order valence-electron chi connectivity index (χ4n) is 4.54. The number of nitrogens with zero attached hydrogens (tertiary/aromatic N) is 5. The number of hydrogen-bond acceptors (Lipinski definition) is 7. The Balaban J connectivity index is 1.30. The molecular weight excluding hydrogens is 512 g/mol. The smallest absolute Gasteiger partial charge is 0.255 e. The van der Waals surface area contributed by atoms with Crippen LogP contribution in [0.5, 0.6) is 0 Å². The molecule has 0 saturated carbocycles. The molecule has 3 aromatic heterocycles. The van der Waals surface area contributed by atoms with Crippen molar-refractivity contribution < 1.29 is 9.32 Å². The van der Waals surface area contributed by atoms with Crippen molar-refractivity contribution >= 4 is 11.6 Å². The summed E-state index contributed by atoms with van der Waals surface area (Å²) < 4.78 is 5.39. The second-order valence-corrected chi connectivity index (χ2v) is 10.6. The van der Waals surface area contributed by atoms with Crippen molar-refractivity contribution in [2.24, 2.45) is 0 Å². The van der Waals surface area contributed by atoms with Crippen molar-refractivity contribution in [1.82, 2.24) is 25.0 Å². The van der Waals surface area contributed by atoms with Gasteiger partial charge in [-0.15, -0.1) is 0 Å². The van der Waals surface area contributed by atoms with Crippen LogP contribution >= 0.6 is 0 Å². The minimum absolute atomic E-state index is 0.152. The molecule has 3 heterocycles. The maximum absolute atomic E-state index is 13.1. The van der Waals surface area contributed by atoms with Crippen LogP contribution in [-0.4, -0.2) is 51.1 Å². The second-order valence-electron chi connectivity index (χ2n) is 10.6. The molecule has 8 heteroatoms. The second kappa shape index (κ2) is 12.2. The third-order valence-electron chi connectivity index (χ3n) is 7.33. The molecular formula is C33H34N6O2. The van der Waals surface area contributed by atoms with Gasteiger partial charge in [-0.25, -0.2) is 9.97 Å². The van der Waals surface area contributed by atoms with Crippen LogP contribution in [0.4, 0.5) is 5.69 Å². The van der Waals surface area contributed by atoms with Crippen LogP contribution in [0, 0.1) is 13.8 Å². The highest BCUT2D eigenvalue weighted by atomic mass is 16.5. The number of nitrogens with one attached hydrogen (secondary N) is 1. The summed E-state index contributed by atoms with van der Waals surface area (Å²) in [5.74, 6) is 1.20. The van der Waals surface area contributed by atoms with E-state index in [2.05, 4.69) is 58.5 Å². The average Bonchev–Trinajstić information content (AvgIpc) is 3.41. The fraction of sp³-hybridized carbons (Fsp3) is 0.242. The van der Waals surface area contributed by atoms with E-state index in [1.165, 1.54) is 5.56 Å². The molecule has 1 unspecified atom stereocenters. The number of aromatic nitrogens is 4. The summed E-state index contributed by atoms with van der Waals surface area (Å²) in [6.07, 6.45) is 8.40. The number of likely N-dealkylation sites (N-methyl/N-ethyl adjacent to an activating group) is 1. The topological polar surface area (TPSA) is 97.0 Å². The summed E-state index contributed by atoms with van der Waals surface area (Å²) in [5.41, 5.74) is 8.05. The molecule has 1 atom stereocenters. The third kappa shape index (κ3) is 6.73. The number of carbonyl (C=O) groups excluding carboxylic acids is 1. The highest BCUT2D eigenvalue weighted by molar-refractivity contribution is 6.04. The number of pyridine rings is 1. The van der Waals surface area contributed by atoms with Crippen LogP contribution in [-0.2, 0) is 12.8 Å². The van der Waals surface area contributed by atoms with Gasteiger partial charge in [-0.3, -0.25) is 9.78 Å². The number of carbonyl (C=O) groups is 1. The Labute approximate surface area is 240 Å². The van der Waals surface area contributed by atoms with E-state index in [1.54, 1.807) is 24.8 Å². The van der Waals surface area contributed by atoms with E-state index in [9.17, 15) is 4.79 Å². The van der Waals surface area contributed by atoms with E-state index in [-0.39, 0.29) is 5.91 Å². The van der Waals surface area contributed by atoms with Crippen LogP contribution < -0.4 is 5.32 Å². The lowest BCUT2D eigenvalue weighted by atomic mass is 10.0. The van der Waals surface area contributed by atoms with Gasteiger partial charge in [0.05, 0.1) is 11.9 Å². The quantitative estimate of drug-likeness (QED) is 0.237. The zero-order valence-corrected chi connectivity index (χ0v) is 24.0. The lowest BCUT2D eigenvalue weighted by Gasteiger charge is -2.19. The van der Waals surface area contributed by atoms with Crippen LogP contribution in [0.15, 0.2) is 83.9 Å². The third-order valence-corrected chi connectivity index (χ3v) is 7.33. The molecule has 41 heavy (non-hydrogen) atoms. The Morgan fingerprint density at radius 3 is 2.46 bits per heavy atom. The van der Waals surface area contributed by atoms with Gasteiger partial charge in [0, 0.05) is 59.0 Å². The summed E-state index contributed by atoms with van der Waals surface area (Å²) in [5, 5.41) is 6.90. The molecule has 1 amide bonds. The minimum atomic E-state index is -0.152. The van der Waals surface area contributed by atoms with Gasteiger partial charge in [0.1, 0.15) is 5.82 Å². The van der Waals surface area contributed by atoms with Crippen LogP contribution in [0.3, 0.4) is 0 Å². The van der Waals surface area contributed by atoms with Crippen molar-refractivity contribution in [1.29, 1.82) is 0 Å². The van der Waals surface area contributed by atoms with Crippen LogP contribution in [0.25, 0.3) is 22.6 Å². The molecule has 0 spiro atoms. The number of benzene rings is 2. The Morgan fingerprint density at radius 1 is 0.951 bits per heavy atom. The predicted octanol–water partition coefficient (Wildman–Crippen LogP) is 6.15. The lowest BCUT2D eigenvalue weighted by molar-refractivity contribution is 0.102. The largest absolute Gasteiger partial charge is 0.356 e. The molecule has 0 saturated heterocycles. The molecule has 5 aromatic rings. The van der Waals surface area contributed by atoms with E-state index < -0.39 is 0 Å². The first-order chi connectivity index (χ1) is 19.8. The molecule has 0 radical (unpaired) electrons. The summed E-state index contributed by atoms with van der Waals surface area (Å²) in [6, 6.07) is 18.1. The molecule has 5 rings (SSSR count). The van der Waals surface area contributed by atoms with E-state index >= 15 is 0 Å². The molecule has 2 aromatic carbocycles. The van der Waals surface area contributed by atoms with Gasteiger partial charge in [0.2, 0.25) is 0 Å². The van der Waals surface area contributed by atoms with Gasteiger partial charge in [0.15, 0.2) is 5.76 Å². The number of rotatable bonds is 9. The Hall–Kier alpha value is -4.69. The summed E-state index contributed by atoms with van der Waals surface area (Å²) in [4.78, 5) is 29.0. The van der Waals surface area contributed by atoms with Gasteiger partial charge in [-0.1, -0.05) is 23.4 Å². The molecule has 8 nitrogen and oxygen atoms in total. The Kier molecular flexibility index (Phi) is 8.31. The van der Waals surface area contributed by atoms with Gasteiger partial charge in [-0.05, 0) is 94.4 Å². The van der Waals surface area contributed by atoms with E-state index in [0.717, 1.165) is 45.6 Å². The molecule has 0 aliphatic rings. The van der Waals surface area contributed by atoms with Crippen molar-refractivity contribution in [3.8, 4) is 22.6 Å². The molecule has 1 N–H and O–H groups in total. The first kappa shape index (κ1) is 27.9. The van der Waals surface area contributed by atoms with Crippen LogP contribution in [0.1, 0.15) is 45.4 Å². The summed E-state index contributed by atoms with van der Waals surface area (Å²) >= 11 is 0. The maximum Gasteiger partial charge on any atom is 0.255 e. The summed E-state index contributed by atoms with van der Waals surface area (Å²) in [6.45, 7) is 6.17. The summed E-state index contributed by atoms with van der Waals surface area (Å²) in [7, 11) is 4.16. The Bertz CT molecular complexity index is 1660. The number of hydrogen-bond donors (Lipinski definition) is 1. The van der Waals surface area contributed by atoms with Crippen molar-refractivity contribution in [3.63, 3.8) is 0 Å². The van der Waals surface area contributed by atoms with Crippen LogP contribution in [0.2, 0.25) is 0 Å². The fourth-order valence-corrected chi connectivity index (χ4v) is 4.54. The van der Waals surface area contributed by atoms with Crippen molar-refractivity contribution in [2.75, 3.05) is 19.4 Å². The normalized spacial score (nSPS) is 12.0. The minimum Gasteiger partial charge on any atom is -0.356 e. The molecule has 208 valence electrons. The predicted molar refractivity (Wildman–Crippen MR) is 161 cm³/mol. The average molecular weight is 547 g/mol. The zero-order chi connectivity index (χ0) is 28.9.